The molecule has 1 aliphatic rings. The zero-order chi connectivity index (χ0) is 17.3. The van der Waals surface area contributed by atoms with Crippen molar-refractivity contribution < 1.29 is 13.2 Å². The number of hydrogen-bond acceptors (Lipinski definition) is 3. The second-order valence-corrected chi connectivity index (χ2v) is 7.85. The summed E-state index contributed by atoms with van der Waals surface area (Å²) in [5, 5.41) is 0.416. The molecule has 126 valence electrons. The maximum Gasteiger partial charge on any atom is 0.236 e. The number of nitrogens with zero attached hydrogens (tertiary/aromatic N) is 1. The van der Waals surface area contributed by atoms with E-state index in [1.807, 2.05) is 6.07 Å². The molecule has 1 N–H and O–H groups in total. The fraction of sp³-hybridized carbons (Fsp3) is 0.235. The van der Waals surface area contributed by atoms with Crippen LogP contribution < -0.4 is 9.62 Å². The van der Waals surface area contributed by atoms with E-state index in [0.29, 0.717) is 22.8 Å². The molecule has 0 spiro atoms. The first-order valence-corrected chi connectivity index (χ1v) is 9.54. The highest BCUT2D eigenvalue weighted by Gasteiger charge is 2.23. The molecule has 0 aliphatic carbocycles. The Labute approximate surface area is 146 Å². The van der Waals surface area contributed by atoms with Crippen LogP contribution in [0.25, 0.3) is 0 Å². The van der Waals surface area contributed by atoms with Gasteiger partial charge in [-0.25, -0.2) is 8.42 Å². The van der Waals surface area contributed by atoms with Gasteiger partial charge in [0.05, 0.1) is 11.4 Å². The van der Waals surface area contributed by atoms with E-state index in [4.69, 9.17) is 11.6 Å². The Balaban J connectivity index is 1.82. The van der Waals surface area contributed by atoms with E-state index in [2.05, 4.69) is 4.72 Å². The molecule has 24 heavy (non-hydrogen) atoms. The van der Waals surface area contributed by atoms with Crippen molar-refractivity contribution in [1.29, 1.82) is 0 Å². The molecular weight excluding hydrogens is 348 g/mol. The first-order valence-electron chi connectivity index (χ1n) is 7.51. The molecule has 0 fully saturated rings. The first kappa shape index (κ1) is 16.8. The van der Waals surface area contributed by atoms with Gasteiger partial charge in [-0.15, -0.1) is 0 Å². The molecule has 1 amide bonds. The zero-order valence-corrected chi connectivity index (χ0v) is 14.7. The Morgan fingerprint density at radius 3 is 2.71 bits per heavy atom. The number of carbonyl (C=O) groups is 1. The standard InChI is InChI=1S/C17H17ClN2O3S/c1-12(21)20-9-8-13-6-7-15(10-17(13)20)19-24(22,23)11-14-4-2-3-5-16(14)18/h2-7,10,19H,8-9,11H2,1H3. The summed E-state index contributed by atoms with van der Waals surface area (Å²) >= 11 is 6.03. The summed E-state index contributed by atoms with van der Waals surface area (Å²) in [6.07, 6.45) is 0.779. The molecule has 5 nitrogen and oxygen atoms in total. The lowest BCUT2D eigenvalue weighted by Crippen LogP contribution is -2.25. The average Bonchev–Trinajstić information content (AvgIpc) is 2.92. The summed E-state index contributed by atoms with van der Waals surface area (Å²) in [7, 11) is -3.60. The van der Waals surface area contributed by atoms with Gasteiger partial charge in [0.15, 0.2) is 0 Å². The lowest BCUT2D eigenvalue weighted by molar-refractivity contribution is -0.116. The SMILES string of the molecule is CC(=O)N1CCc2ccc(NS(=O)(=O)Cc3ccccc3Cl)cc21. The van der Waals surface area contributed by atoms with Crippen molar-refractivity contribution in [3.05, 3.63) is 58.6 Å². The summed E-state index contributed by atoms with van der Waals surface area (Å²) in [5.41, 5.74) is 2.78. The number of carbonyl (C=O) groups excluding carboxylic acids is 1. The van der Waals surface area contributed by atoms with Crippen molar-refractivity contribution in [2.24, 2.45) is 0 Å². The van der Waals surface area contributed by atoms with E-state index >= 15 is 0 Å². The minimum atomic E-state index is -3.60. The molecular formula is C17H17ClN2O3S. The van der Waals surface area contributed by atoms with Crippen LogP contribution in [0.3, 0.4) is 0 Å². The van der Waals surface area contributed by atoms with Crippen molar-refractivity contribution in [3.63, 3.8) is 0 Å². The van der Waals surface area contributed by atoms with Crippen molar-refractivity contribution in [2.45, 2.75) is 19.1 Å². The van der Waals surface area contributed by atoms with Gasteiger partial charge in [-0.2, -0.15) is 0 Å². The zero-order valence-electron chi connectivity index (χ0n) is 13.1. The summed E-state index contributed by atoms with van der Waals surface area (Å²) in [4.78, 5) is 13.3. The third-order valence-electron chi connectivity index (χ3n) is 3.94. The number of hydrogen-bond donors (Lipinski definition) is 1. The second kappa shape index (κ2) is 6.45. The molecule has 2 aromatic carbocycles. The van der Waals surface area contributed by atoms with Gasteiger partial charge in [-0.05, 0) is 35.7 Å². The number of sulfonamides is 1. The highest BCUT2D eigenvalue weighted by atomic mass is 35.5. The van der Waals surface area contributed by atoms with Gasteiger partial charge in [0, 0.05) is 24.2 Å². The molecule has 7 heteroatoms. The normalized spacial score (nSPS) is 13.7. The van der Waals surface area contributed by atoms with Gasteiger partial charge in [-0.3, -0.25) is 9.52 Å². The van der Waals surface area contributed by atoms with Gasteiger partial charge >= 0.3 is 0 Å². The van der Waals surface area contributed by atoms with Crippen molar-refractivity contribution >= 4 is 38.9 Å². The monoisotopic (exact) mass is 364 g/mol. The van der Waals surface area contributed by atoms with Crippen LogP contribution in [-0.4, -0.2) is 20.9 Å². The van der Waals surface area contributed by atoms with E-state index in [-0.39, 0.29) is 11.7 Å². The van der Waals surface area contributed by atoms with Crippen LogP contribution in [0, 0.1) is 0 Å². The topological polar surface area (TPSA) is 66.5 Å². The lowest BCUT2D eigenvalue weighted by atomic mass is 10.1. The van der Waals surface area contributed by atoms with Gasteiger partial charge < -0.3 is 4.90 Å². The van der Waals surface area contributed by atoms with Crippen molar-refractivity contribution in [3.8, 4) is 0 Å². The molecule has 0 unspecified atom stereocenters. The number of benzene rings is 2. The molecule has 0 bridgehead atoms. The fourth-order valence-electron chi connectivity index (χ4n) is 2.81. The van der Waals surface area contributed by atoms with Gasteiger partial charge in [0.1, 0.15) is 0 Å². The third-order valence-corrected chi connectivity index (χ3v) is 5.54. The van der Waals surface area contributed by atoms with Crippen LogP contribution in [0.1, 0.15) is 18.1 Å². The van der Waals surface area contributed by atoms with E-state index in [0.717, 1.165) is 17.7 Å². The van der Waals surface area contributed by atoms with Gasteiger partial charge in [0.25, 0.3) is 0 Å². The molecule has 3 rings (SSSR count). The predicted octanol–water partition coefficient (Wildman–Crippen LogP) is 3.19. The van der Waals surface area contributed by atoms with E-state index in [1.54, 1.807) is 41.3 Å². The third kappa shape index (κ3) is 3.55. The summed E-state index contributed by atoms with van der Waals surface area (Å²) < 4.78 is 27.3. The maximum absolute atomic E-state index is 12.4. The van der Waals surface area contributed by atoms with Crippen LogP contribution in [0.2, 0.25) is 5.02 Å². The number of fused-ring (bicyclic) bond motifs is 1. The van der Waals surface area contributed by atoms with Crippen LogP contribution in [-0.2, 0) is 27.0 Å². The molecule has 1 aliphatic heterocycles. The largest absolute Gasteiger partial charge is 0.312 e. The smallest absolute Gasteiger partial charge is 0.236 e. The second-order valence-electron chi connectivity index (χ2n) is 5.72. The Hall–Kier alpha value is -2.05. The maximum atomic E-state index is 12.4. The molecule has 0 atom stereocenters. The van der Waals surface area contributed by atoms with Crippen molar-refractivity contribution in [1.82, 2.24) is 0 Å². The summed E-state index contributed by atoms with van der Waals surface area (Å²) in [6, 6.07) is 12.1. The van der Waals surface area contributed by atoms with E-state index in [1.165, 1.54) is 6.92 Å². The number of amides is 1. The van der Waals surface area contributed by atoms with E-state index in [9.17, 15) is 13.2 Å². The highest BCUT2D eigenvalue weighted by molar-refractivity contribution is 7.91. The quantitative estimate of drug-likeness (QED) is 0.906. The Bertz CT molecular complexity index is 896. The molecule has 0 saturated heterocycles. The first-order chi connectivity index (χ1) is 11.4. The Morgan fingerprint density at radius 1 is 1.25 bits per heavy atom. The minimum Gasteiger partial charge on any atom is -0.312 e. The Kier molecular flexibility index (Phi) is 4.51. The average molecular weight is 365 g/mol. The van der Waals surface area contributed by atoms with Crippen molar-refractivity contribution in [2.75, 3.05) is 16.2 Å². The minimum absolute atomic E-state index is 0.0511. The summed E-state index contributed by atoms with van der Waals surface area (Å²) in [6.45, 7) is 2.13. The van der Waals surface area contributed by atoms with Crippen LogP contribution in [0.15, 0.2) is 42.5 Å². The molecule has 0 saturated carbocycles. The molecule has 1 heterocycles. The van der Waals surface area contributed by atoms with Crippen LogP contribution in [0.5, 0.6) is 0 Å². The number of halogens is 1. The number of rotatable bonds is 4. The van der Waals surface area contributed by atoms with Gasteiger partial charge in [0.2, 0.25) is 15.9 Å². The Morgan fingerprint density at radius 2 is 2.00 bits per heavy atom. The number of anilines is 2. The highest BCUT2D eigenvalue weighted by Crippen LogP contribution is 2.31. The molecule has 2 aromatic rings. The number of nitrogens with one attached hydrogen (secondary N) is 1. The molecule has 0 aromatic heterocycles. The fourth-order valence-corrected chi connectivity index (χ4v) is 4.31. The van der Waals surface area contributed by atoms with Crippen LogP contribution >= 0.6 is 11.6 Å². The molecule has 0 radical (unpaired) electrons. The predicted molar refractivity (Wildman–Crippen MR) is 95.9 cm³/mol. The summed E-state index contributed by atoms with van der Waals surface area (Å²) in [5.74, 6) is -0.259. The van der Waals surface area contributed by atoms with E-state index < -0.39 is 10.0 Å². The lowest BCUT2D eigenvalue weighted by Gasteiger charge is -2.16. The van der Waals surface area contributed by atoms with Gasteiger partial charge in [-0.1, -0.05) is 35.9 Å². The van der Waals surface area contributed by atoms with Crippen LogP contribution in [0.4, 0.5) is 11.4 Å².